The third kappa shape index (κ3) is 3.56. The molecule has 0 saturated heterocycles. The molecule has 0 aliphatic carbocycles. The quantitative estimate of drug-likeness (QED) is 0.667. The van der Waals surface area contributed by atoms with Crippen LogP contribution in [0.15, 0.2) is 53.7 Å². The predicted molar refractivity (Wildman–Crippen MR) is 85.2 cm³/mol. The van der Waals surface area contributed by atoms with Gasteiger partial charge in [-0.05, 0) is 52.4 Å². The minimum Gasteiger partial charge on any atom is -0.187 e. The van der Waals surface area contributed by atoms with Crippen LogP contribution in [0.3, 0.4) is 0 Å². The molecule has 0 N–H and O–H groups in total. The Morgan fingerprint density at radius 1 is 1.00 bits per heavy atom. The Morgan fingerprint density at radius 2 is 1.81 bits per heavy atom. The molecule has 0 spiro atoms. The molecule has 0 fully saturated rings. The smallest absolute Gasteiger partial charge is 0.187 e. The van der Waals surface area contributed by atoms with E-state index >= 15 is 0 Å². The van der Waals surface area contributed by atoms with Crippen molar-refractivity contribution in [2.24, 2.45) is 0 Å². The van der Waals surface area contributed by atoms with E-state index in [2.05, 4.69) is 15.5 Å². The van der Waals surface area contributed by atoms with Gasteiger partial charge in [0, 0.05) is 15.8 Å². The Balaban J connectivity index is 1.78. The molecule has 3 aromatic rings. The Labute approximate surface area is 136 Å². The molecule has 0 saturated carbocycles. The average Bonchev–Trinajstić information content (AvgIpc) is 2.94. The number of halogens is 2. The van der Waals surface area contributed by atoms with Gasteiger partial charge in [-0.25, -0.2) is 0 Å². The van der Waals surface area contributed by atoms with E-state index in [1.165, 1.54) is 0 Å². The van der Waals surface area contributed by atoms with Crippen LogP contribution >= 0.6 is 35.0 Å². The molecule has 21 heavy (non-hydrogen) atoms. The van der Waals surface area contributed by atoms with Gasteiger partial charge in [0.05, 0.1) is 5.69 Å². The summed E-state index contributed by atoms with van der Waals surface area (Å²) in [5.74, 6) is 0.745. The maximum atomic E-state index is 5.98. The van der Waals surface area contributed by atoms with Crippen LogP contribution in [0.25, 0.3) is 5.69 Å². The third-order valence-corrected chi connectivity index (χ3v) is 4.25. The molecule has 0 aliphatic heterocycles. The summed E-state index contributed by atoms with van der Waals surface area (Å²) in [4.78, 5) is 0. The van der Waals surface area contributed by atoms with E-state index < -0.39 is 0 Å². The Kier molecular flexibility index (Phi) is 4.43. The summed E-state index contributed by atoms with van der Waals surface area (Å²) in [5, 5.41) is 13.9. The number of aromatic nitrogens is 4. The molecule has 0 bridgehead atoms. The van der Waals surface area contributed by atoms with Crippen molar-refractivity contribution >= 4 is 35.0 Å². The second kappa shape index (κ2) is 6.47. The van der Waals surface area contributed by atoms with E-state index in [1.807, 2.05) is 48.5 Å². The summed E-state index contributed by atoms with van der Waals surface area (Å²) >= 11 is 13.4. The van der Waals surface area contributed by atoms with Gasteiger partial charge in [-0.1, -0.05) is 47.1 Å². The summed E-state index contributed by atoms with van der Waals surface area (Å²) in [6, 6.07) is 15.1. The van der Waals surface area contributed by atoms with Gasteiger partial charge in [-0.2, -0.15) is 4.68 Å². The minimum absolute atomic E-state index is 0.681. The zero-order chi connectivity index (χ0) is 14.7. The molecule has 0 amide bonds. The predicted octanol–water partition coefficient (Wildman–Crippen LogP) is 4.26. The monoisotopic (exact) mass is 336 g/mol. The van der Waals surface area contributed by atoms with E-state index in [-0.39, 0.29) is 0 Å². The van der Waals surface area contributed by atoms with Crippen molar-refractivity contribution in [1.82, 2.24) is 20.2 Å². The molecule has 3 rings (SSSR count). The zero-order valence-corrected chi connectivity index (χ0v) is 13.1. The van der Waals surface area contributed by atoms with Crippen LogP contribution in [-0.2, 0) is 5.75 Å². The van der Waals surface area contributed by atoms with E-state index in [0.717, 1.165) is 27.2 Å². The van der Waals surface area contributed by atoms with Crippen LogP contribution < -0.4 is 0 Å². The first kappa shape index (κ1) is 14.4. The number of thioether (sulfide) groups is 1. The normalized spacial score (nSPS) is 10.8. The molecule has 2 aromatic carbocycles. The average molecular weight is 337 g/mol. The summed E-state index contributed by atoms with van der Waals surface area (Å²) in [7, 11) is 0. The highest BCUT2D eigenvalue weighted by atomic mass is 35.5. The first-order valence-electron chi connectivity index (χ1n) is 6.14. The van der Waals surface area contributed by atoms with Crippen LogP contribution in [0.4, 0.5) is 0 Å². The van der Waals surface area contributed by atoms with Crippen molar-refractivity contribution < 1.29 is 0 Å². The van der Waals surface area contributed by atoms with Crippen LogP contribution in [-0.4, -0.2) is 20.2 Å². The molecule has 1 heterocycles. The molecule has 0 radical (unpaired) electrons. The van der Waals surface area contributed by atoms with Crippen molar-refractivity contribution in [3.63, 3.8) is 0 Å². The molecule has 1 aromatic heterocycles. The Bertz CT molecular complexity index is 743. The third-order valence-electron chi connectivity index (χ3n) is 2.77. The number of nitrogens with zero attached hydrogens (tertiary/aromatic N) is 4. The van der Waals surface area contributed by atoms with E-state index in [1.54, 1.807) is 16.4 Å². The molecule has 4 nitrogen and oxygen atoms in total. The van der Waals surface area contributed by atoms with Gasteiger partial charge >= 0.3 is 0 Å². The van der Waals surface area contributed by atoms with Gasteiger partial charge in [0.2, 0.25) is 5.16 Å². The number of rotatable bonds is 4. The van der Waals surface area contributed by atoms with Gasteiger partial charge in [-0.15, -0.1) is 5.10 Å². The molecule has 7 heteroatoms. The topological polar surface area (TPSA) is 43.6 Å². The van der Waals surface area contributed by atoms with Crippen molar-refractivity contribution in [1.29, 1.82) is 0 Å². The fourth-order valence-corrected chi connectivity index (χ4v) is 2.96. The maximum absolute atomic E-state index is 5.98. The minimum atomic E-state index is 0.681. The van der Waals surface area contributed by atoms with Crippen LogP contribution in [0.5, 0.6) is 0 Å². The van der Waals surface area contributed by atoms with Gasteiger partial charge < -0.3 is 0 Å². The number of hydrogen-bond donors (Lipinski definition) is 0. The van der Waals surface area contributed by atoms with Gasteiger partial charge in [0.1, 0.15) is 0 Å². The van der Waals surface area contributed by atoms with Crippen molar-refractivity contribution in [2.45, 2.75) is 10.9 Å². The Morgan fingerprint density at radius 3 is 2.57 bits per heavy atom. The zero-order valence-electron chi connectivity index (χ0n) is 10.8. The highest BCUT2D eigenvalue weighted by Crippen LogP contribution is 2.24. The first-order valence-corrected chi connectivity index (χ1v) is 7.88. The highest BCUT2D eigenvalue weighted by molar-refractivity contribution is 7.98. The van der Waals surface area contributed by atoms with E-state index in [0.29, 0.717) is 5.02 Å². The van der Waals surface area contributed by atoms with E-state index in [9.17, 15) is 0 Å². The molecule has 0 aliphatic rings. The van der Waals surface area contributed by atoms with Crippen LogP contribution in [0, 0.1) is 0 Å². The molecule has 106 valence electrons. The van der Waals surface area contributed by atoms with Gasteiger partial charge in [-0.3, -0.25) is 0 Å². The van der Waals surface area contributed by atoms with Crippen molar-refractivity contribution in [3.05, 3.63) is 64.1 Å². The molecular formula is C14H10Cl2N4S. The summed E-state index contributed by atoms with van der Waals surface area (Å²) in [6.07, 6.45) is 0. The number of tetrazole rings is 1. The lowest BCUT2D eigenvalue weighted by molar-refractivity contribution is 0.756. The molecular weight excluding hydrogens is 327 g/mol. The number of hydrogen-bond acceptors (Lipinski definition) is 4. The molecule has 0 atom stereocenters. The van der Waals surface area contributed by atoms with Crippen LogP contribution in [0.1, 0.15) is 5.56 Å². The second-order valence-electron chi connectivity index (χ2n) is 4.27. The van der Waals surface area contributed by atoms with Crippen molar-refractivity contribution in [3.8, 4) is 5.69 Å². The summed E-state index contributed by atoms with van der Waals surface area (Å²) in [5.41, 5.74) is 2.00. The van der Waals surface area contributed by atoms with E-state index in [4.69, 9.17) is 23.2 Å². The standard InChI is InChI=1S/C14H10Cl2N4S/c15-11-4-6-13(7-5-11)20-14(17-18-19-20)21-9-10-2-1-3-12(16)8-10/h1-8H,9H2. The lowest BCUT2D eigenvalue weighted by Crippen LogP contribution is -1.98. The number of benzene rings is 2. The first-order chi connectivity index (χ1) is 10.2. The largest absolute Gasteiger partial charge is 0.214 e. The molecule has 0 unspecified atom stereocenters. The van der Waals surface area contributed by atoms with Crippen LogP contribution in [0.2, 0.25) is 10.0 Å². The lowest BCUT2D eigenvalue weighted by Gasteiger charge is -2.04. The maximum Gasteiger partial charge on any atom is 0.214 e. The Hall–Kier alpha value is -1.56. The second-order valence-corrected chi connectivity index (χ2v) is 6.08. The lowest BCUT2D eigenvalue weighted by atomic mass is 10.2. The summed E-state index contributed by atoms with van der Waals surface area (Å²) in [6.45, 7) is 0. The van der Waals surface area contributed by atoms with Crippen molar-refractivity contribution in [2.75, 3.05) is 0 Å². The van der Waals surface area contributed by atoms with Gasteiger partial charge in [0.25, 0.3) is 0 Å². The summed E-state index contributed by atoms with van der Waals surface area (Å²) < 4.78 is 1.69. The highest BCUT2D eigenvalue weighted by Gasteiger charge is 2.09. The SMILES string of the molecule is Clc1ccc(-n2nnnc2SCc2cccc(Cl)c2)cc1. The van der Waals surface area contributed by atoms with Gasteiger partial charge in [0.15, 0.2) is 0 Å². The fraction of sp³-hybridized carbons (Fsp3) is 0.0714. The fourth-order valence-electron chi connectivity index (χ4n) is 1.79.